The number of aryl methyl sites for hydroxylation is 1. The Balaban J connectivity index is 1.76. The lowest BCUT2D eigenvalue weighted by Gasteiger charge is -2.16. The number of amides is 1. The molecule has 0 aliphatic carbocycles. The number of methoxy groups -OCH3 is 1. The fraction of sp³-hybridized carbons (Fsp3) is 0.316. The van der Waals surface area contributed by atoms with Crippen LogP contribution in [-0.2, 0) is 11.2 Å². The highest BCUT2D eigenvalue weighted by atomic mass is 19.1. The molecule has 0 fully saturated rings. The molecule has 0 aromatic heterocycles. The molecule has 1 atom stereocenters. The molecule has 1 amide bonds. The van der Waals surface area contributed by atoms with Gasteiger partial charge in [0, 0.05) is 6.42 Å². The summed E-state index contributed by atoms with van der Waals surface area (Å²) >= 11 is 0. The Morgan fingerprint density at radius 3 is 2.50 bits per heavy atom. The molecule has 0 unspecified atom stereocenters. The van der Waals surface area contributed by atoms with Gasteiger partial charge in [-0.2, -0.15) is 0 Å². The van der Waals surface area contributed by atoms with Crippen LogP contribution in [0.4, 0.5) is 4.39 Å². The minimum absolute atomic E-state index is 0.130. The van der Waals surface area contributed by atoms with E-state index < -0.39 is 0 Å². The maximum Gasteiger partial charge on any atom is 0.220 e. The highest BCUT2D eigenvalue weighted by Gasteiger charge is 2.11. The third-order valence-electron chi connectivity index (χ3n) is 3.54. The molecule has 2 rings (SSSR count). The zero-order valence-electron chi connectivity index (χ0n) is 13.9. The van der Waals surface area contributed by atoms with E-state index in [9.17, 15) is 9.18 Å². The predicted molar refractivity (Wildman–Crippen MR) is 90.8 cm³/mol. The second-order valence-electron chi connectivity index (χ2n) is 5.52. The number of para-hydroxylation sites is 2. The third-order valence-corrected chi connectivity index (χ3v) is 3.54. The summed E-state index contributed by atoms with van der Waals surface area (Å²) in [6, 6.07) is 13.7. The lowest BCUT2D eigenvalue weighted by Crippen LogP contribution is -2.36. The van der Waals surface area contributed by atoms with Crippen LogP contribution in [0, 0.1) is 5.82 Å². The van der Waals surface area contributed by atoms with Crippen LogP contribution in [0.5, 0.6) is 11.5 Å². The summed E-state index contributed by atoms with van der Waals surface area (Å²) in [5.74, 6) is 0.871. The van der Waals surface area contributed by atoms with Crippen molar-refractivity contribution < 1.29 is 18.7 Å². The first kappa shape index (κ1) is 17.8. The minimum Gasteiger partial charge on any atom is -0.493 e. The first-order valence-electron chi connectivity index (χ1n) is 7.88. The summed E-state index contributed by atoms with van der Waals surface area (Å²) in [6.45, 7) is 2.18. The monoisotopic (exact) mass is 331 g/mol. The average molecular weight is 331 g/mol. The number of benzene rings is 2. The fourth-order valence-electron chi connectivity index (χ4n) is 2.29. The Morgan fingerprint density at radius 2 is 1.79 bits per heavy atom. The molecule has 5 heteroatoms. The van der Waals surface area contributed by atoms with E-state index in [4.69, 9.17) is 9.47 Å². The van der Waals surface area contributed by atoms with Crippen molar-refractivity contribution in [1.29, 1.82) is 0 Å². The number of nitrogens with one attached hydrogen (secondary N) is 1. The maximum absolute atomic E-state index is 13.5. The smallest absolute Gasteiger partial charge is 0.220 e. The largest absolute Gasteiger partial charge is 0.493 e. The molecule has 0 bridgehead atoms. The van der Waals surface area contributed by atoms with Gasteiger partial charge >= 0.3 is 0 Å². The van der Waals surface area contributed by atoms with Gasteiger partial charge in [0.1, 0.15) is 12.4 Å². The normalized spacial score (nSPS) is 11.6. The van der Waals surface area contributed by atoms with Gasteiger partial charge in [-0.1, -0.05) is 30.3 Å². The highest BCUT2D eigenvalue weighted by molar-refractivity contribution is 5.76. The summed E-state index contributed by atoms with van der Waals surface area (Å²) < 4.78 is 24.4. The zero-order valence-corrected chi connectivity index (χ0v) is 13.9. The van der Waals surface area contributed by atoms with Crippen molar-refractivity contribution in [3.63, 3.8) is 0 Å². The summed E-state index contributed by atoms with van der Waals surface area (Å²) in [5.41, 5.74) is 0.547. The molecule has 0 radical (unpaired) electrons. The lowest BCUT2D eigenvalue weighted by molar-refractivity contribution is -0.121. The van der Waals surface area contributed by atoms with E-state index in [1.807, 2.05) is 31.2 Å². The minimum atomic E-state index is -0.280. The van der Waals surface area contributed by atoms with E-state index in [0.717, 1.165) is 0 Å². The standard InChI is InChI=1S/C19H22FNO3/c1-14(13-24-18-10-6-5-9-17(18)23-2)21-19(22)12-11-15-7-3-4-8-16(15)20/h3-10,14H,11-13H2,1-2H3,(H,21,22)/t14-/m0/s1. The second kappa shape index (κ2) is 8.91. The third kappa shape index (κ3) is 5.26. The number of halogens is 1. The van der Waals surface area contributed by atoms with Gasteiger partial charge in [0.05, 0.1) is 13.2 Å². The molecular weight excluding hydrogens is 309 g/mol. The Labute approximate surface area is 141 Å². The van der Waals surface area contributed by atoms with Gasteiger partial charge in [0.15, 0.2) is 11.5 Å². The van der Waals surface area contributed by atoms with Crippen molar-refractivity contribution in [3.05, 3.63) is 59.9 Å². The van der Waals surface area contributed by atoms with Crippen molar-refractivity contribution in [2.45, 2.75) is 25.8 Å². The van der Waals surface area contributed by atoms with Gasteiger partial charge in [-0.25, -0.2) is 4.39 Å². The quantitative estimate of drug-likeness (QED) is 0.807. The summed E-state index contributed by atoms with van der Waals surface area (Å²) in [5, 5.41) is 2.85. The lowest BCUT2D eigenvalue weighted by atomic mass is 10.1. The molecule has 0 heterocycles. The Bertz CT molecular complexity index is 675. The van der Waals surface area contributed by atoms with Crippen molar-refractivity contribution in [2.75, 3.05) is 13.7 Å². The van der Waals surface area contributed by atoms with Gasteiger partial charge in [-0.3, -0.25) is 4.79 Å². The zero-order chi connectivity index (χ0) is 17.4. The molecule has 128 valence electrons. The van der Waals surface area contributed by atoms with Gasteiger partial charge < -0.3 is 14.8 Å². The summed E-state index contributed by atoms with van der Waals surface area (Å²) in [6.07, 6.45) is 0.610. The average Bonchev–Trinajstić information content (AvgIpc) is 2.59. The van der Waals surface area contributed by atoms with Crippen LogP contribution in [-0.4, -0.2) is 25.7 Å². The van der Waals surface area contributed by atoms with E-state index >= 15 is 0 Å². The Hall–Kier alpha value is -2.56. The SMILES string of the molecule is COc1ccccc1OC[C@H](C)NC(=O)CCc1ccccc1F. The van der Waals surface area contributed by atoms with Gasteiger partial charge in [0.2, 0.25) is 5.91 Å². The molecule has 24 heavy (non-hydrogen) atoms. The van der Waals surface area contributed by atoms with E-state index in [-0.39, 0.29) is 24.2 Å². The number of hydrogen-bond donors (Lipinski definition) is 1. The number of carbonyl (C=O) groups is 1. The molecular formula is C19H22FNO3. The number of rotatable bonds is 8. The fourth-order valence-corrected chi connectivity index (χ4v) is 2.29. The van der Waals surface area contributed by atoms with E-state index in [2.05, 4.69) is 5.32 Å². The van der Waals surface area contributed by atoms with Crippen LogP contribution in [0.25, 0.3) is 0 Å². The van der Waals surface area contributed by atoms with Gasteiger partial charge in [0.25, 0.3) is 0 Å². The topological polar surface area (TPSA) is 47.6 Å². The molecule has 4 nitrogen and oxygen atoms in total. The molecule has 2 aromatic carbocycles. The van der Waals surface area contributed by atoms with Gasteiger partial charge in [-0.05, 0) is 37.1 Å². The van der Waals surface area contributed by atoms with Crippen molar-refractivity contribution in [3.8, 4) is 11.5 Å². The first-order chi connectivity index (χ1) is 11.6. The molecule has 0 aliphatic rings. The molecule has 0 saturated heterocycles. The number of ether oxygens (including phenoxy) is 2. The predicted octanol–water partition coefficient (Wildman–Crippen LogP) is 3.35. The molecule has 1 N–H and O–H groups in total. The van der Waals surface area contributed by atoms with Crippen molar-refractivity contribution >= 4 is 5.91 Å². The van der Waals surface area contributed by atoms with Crippen LogP contribution in [0.1, 0.15) is 18.9 Å². The highest BCUT2D eigenvalue weighted by Crippen LogP contribution is 2.25. The summed E-state index contributed by atoms with van der Waals surface area (Å²) in [4.78, 5) is 12.0. The summed E-state index contributed by atoms with van der Waals surface area (Å²) in [7, 11) is 1.58. The van der Waals surface area contributed by atoms with Crippen LogP contribution in [0.3, 0.4) is 0 Å². The molecule has 0 spiro atoms. The van der Waals surface area contributed by atoms with Crippen LogP contribution in [0.15, 0.2) is 48.5 Å². The van der Waals surface area contributed by atoms with E-state index in [0.29, 0.717) is 30.1 Å². The maximum atomic E-state index is 13.5. The second-order valence-corrected chi connectivity index (χ2v) is 5.52. The van der Waals surface area contributed by atoms with E-state index in [1.54, 1.807) is 25.3 Å². The van der Waals surface area contributed by atoms with Crippen molar-refractivity contribution in [2.24, 2.45) is 0 Å². The van der Waals surface area contributed by atoms with E-state index in [1.165, 1.54) is 6.07 Å². The first-order valence-corrected chi connectivity index (χ1v) is 7.88. The number of carbonyl (C=O) groups excluding carboxylic acids is 1. The number of hydrogen-bond acceptors (Lipinski definition) is 3. The van der Waals surface area contributed by atoms with Crippen molar-refractivity contribution in [1.82, 2.24) is 5.32 Å². The molecule has 0 aliphatic heterocycles. The van der Waals surface area contributed by atoms with Crippen LogP contribution < -0.4 is 14.8 Å². The van der Waals surface area contributed by atoms with Gasteiger partial charge in [-0.15, -0.1) is 0 Å². The molecule has 0 saturated carbocycles. The Morgan fingerprint density at radius 1 is 1.12 bits per heavy atom. The molecule has 2 aromatic rings. The van der Waals surface area contributed by atoms with Crippen LogP contribution >= 0.6 is 0 Å². The van der Waals surface area contributed by atoms with Crippen LogP contribution in [0.2, 0.25) is 0 Å². The Kier molecular flexibility index (Phi) is 6.61.